The summed E-state index contributed by atoms with van der Waals surface area (Å²) in [7, 11) is 2.17. The summed E-state index contributed by atoms with van der Waals surface area (Å²) < 4.78 is 12.9. The van der Waals surface area contributed by atoms with E-state index in [0.717, 1.165) is 25.0 Å². The molecule has 2 fully saturated rings. The number of nitrogens with zero attached hydrogens (tertiary/aromatic N) is 1. The minimum Gasteiger partial charge on any atom is -0.508 e. The van der Waals surface area contributed by atoms with Crippen molar-refractivity contribution >= 4 is 0 Å². The van der Waals surface area contributed by atoms with E-state index in [0.29, 0.717) is 18.0 Å². The summed E-state index contributed by atoms with van der Waals surface area (Å²) >= 11 is 0. The lowest BCUT2D eigenvalue weighted by Crippen LogP contribution is -2.62. The summed E-state index contributed by atoms with van der Waals surface area (Å²) in [5.41, 5.74) is 2.53. The molecule has 0 aromatic heterocycles. The van der Waals surface area contributed by atoms with Gasteiger partial charge in [0.25, 0.3) is 5.79 Å². The molecule has 0 radical (unpaired) electrons. The van der Waals surface area contributed by atoms with Crippen LogP contribution in [0.2, 0.25) is 0 Å². The number of piperidine rings is 1. The molecule has 0 saturated carbocycles. The SMILES string of the molecule is CN1CC[C@]23C4=C5CC=C(O)C4(OCc4ccccc4O)O[C@H]2[C@@H](O)C=C[C@H]3[C@H]1C5. The third-order valence-corrected chi connectivity index (χ3v) is 7.99. The molecule has 158 valence electrons. The molecule has 1 spiro atoms. The van der Waals surface area contributed by atoms with Crippen LogP contribution in [0.3, 0.4) is 0 Å². The molecular weight excluding hydrogens is 382 g/mol. The molecule has 2 bridgehead atoms. The summed E-state index contributed by atoms with van der Waals surface area (Å²) in [5.74, 6) is -0.973. The topological polar surface area (TPSA) is 82.4 Å². The number of allylic oxidation sites excluding steroid dienone is 1. The van der Waals surface area contributed by atoms with Gasteiger partial charge in [0, 0.05) is 28.5 Å². The summed E-state index contributed by atoms with van der Waals surface area (Å²) in [5, 5.41) is 32.2. The Morgan fingerprint density at radius 1 is 1.23 bits per heavy atom. The van der Waals surface area contributed by atoms with Crippen LogP contribution in [0.15, 0.2) is 59.4 Å². The van der Waals surface area contributed by atoms with Crippen molar-refractivity contribution in [1.82, 2.24) is 4.90 Å². The Hall–Kier alpha value is -2.12. The Morgan fingerprint density at radius 2 is 2.07 bits per heavy atom. The lowest BCUT2D eigenvalue weighted by Gasteiger charge is -2.57. The molecule has 1 aromatic rings. The van der Waals surface area contributed by atoms with Crippen molar-refractivity contribution in [3.05, 3.63) is 65.0 Å². The first-order valence-corrected chi connectivity index (χ1v) is 10.8. The normalized spacial score (nSPS) is 41.6. The van der Waals surface area contributed by atoms with Crippen molar-refractivity contribution in [3.63, 3.8) is 0 Å². The van der Waals surface area contributed by atoms with Gasteiger partial charge in [-0.25, -0.2) is 0 Å². The molecule has 2 heterocycles. The largest absolute Gasteiger partial charge is 0.508 e. The van der Waals surface area contributed by atoms with Crippen LogP contribution in [0, 0.1) is 11.3 Å². The molecule has 6 nitrogen and oxygen atoms in total. The van der Waals surface area contributed by atoms with E-state index in [1.165, 1.54) is 5.57 Å². The highest BCUT2D eigenvalue weighted by Gasteiger charge is 2.72. The number of hydrogen-bond acceptors (Lipinski definition) is 6. The second kappa shape index (κ2) is 6.20. The van der Waals surface area contributed by atoms with Crippen LogP contribution in [0.4, 0.5) is 0 Å². The van der Waals surface area contributed by atoms with E-state index in [-0.39, 0.29) is 29.4 Å². The van der Waals surface area contributed by atoms with Crippen molar-refractivity contribution in [2.75, 3.05) is 13.6 Å². The third kappa shape index (κ3) is 2.17. The van der Waals surface area contributed by atoms with E-state index in [4.69, 9.17) is 9.47 Å². The van der Waals surface area contributed by atoms with Gasteiger partial charge >= 0.3 is 0 Å². The van der Waals surface area contributed by atoms with Crippen LogP contribution in [0.1, 0.15) is 24.8 Å². The van der Waals surface area contributed by atoms with Gasteiger partial charge in [0.05, 0.1) is 12.7 Å². The van der Waals surface area contributed by atoms with Gasteiger partial charge in [0.1, 0.15) is 11.9 Å². The number of phenolic OH excluding ortho intramolecular Hbond substituents is 1. The predicted octanol–water partition coefficient (Wildman–Crippen LogP) is 2.79. The van der Waals surface area contributed by atoms with Crippen LogP contribution in [-0.4, -0.2) is 57.8 Å². The Balaban J connectivity index is 1.49. The van der Waals surface area contributed by atoms with Gasteiger partial charge in [-0.1, -0.05) is 35.9 Å². The van der Waals surface area contributed by atoms with Crippen LogP contribution in [0.5, 0.6) is 5.75 Å². The monoisotopic (exact) mass is 409 g/mol. The molecule has 2 saturated heterocycles. The van der Waals surface area contributed by atoms with E-state index in [1.54, 1.807) is 24.3 Å². The molecular formula is C24H27NO5. The first kappa shape index (κ1) is 18.6. The van der Waals surface area contributed by atoms with Crippen LogP contribution in [0.25, 0.3) is 0 Å². The number of aromatic hydroxyl groups is 1. The zero-order valence-corrected chi connectivity index (χ0v) is 17.0. The van der Waals surface area contributed by atoms with Crippen molar-refractivity contribution in [1.29, 1.82) is 0 Å². The predicted molar refractivity (Wildman–Crippen MR) is 110 cm³/mol. The van der Waals surface area contributed by atoms with E-state index in [9.17, 15) is 15.3 Å². The number of hydrogen-bond donors (Lipinski definition) is 3. The molecule has 5 aliphatic rings. The van der Waals surface area contributed by atoms with Crippen LogP contribution >= 0.6 is 0 Å². The zero-order chi connectivity index (χ0) is 20.7. The Kier molecular flexibility index (Phi) is 3.85. The maximum absolute atomic E-state index is 11.1. The van der Waals surface area contributed by atoms with Gasteiger partial charge in [-0.05, 0) is 45.0 Å². The molecule has 0 amide bonds. The standard InChI is InChI=1S/C24H27NO5/c1-25-11-10-23-16-7-8-19(27)22(23)30-24(29-13-15-4-2-3-5-18(15)26)20(28)9-6-14(21(23)24)12-17(16)25/h2-5,7-9,16-17,19,22,26-28H,6,10-13H2,1H3/t16-,17+,19-,22-,23-,24?/m0/s1. The fourth-order valence-corrected chi connectivity index (χ4v) is 6.65. The molecule has 3 N–H and O–H groups in total. The fourth-order valence-electron chi connectivity index (χ4n) is 6.65. The number of ether oxygens (including phenoxy) is 2. The number of likely N-dealkylation sites (tertiary alicyclic amines) is 1. The number of rotatable bonds is 3. The van der Waals surface area contributed by atoms with Gasteiger partial charge < -0.3 is 29.7 Å². The summed E-state index contributed by atoms with van der Waals surface area (Å²) in [6.07, 6.45) is 7.01. The Labute approximate surface area is 175 Å². The quantitative estimate of drug-likeness (QED) is 0.666. The third-order valence-electron chi connectivity index (χ3n) is 7.99. The first-order chi connectivity index (χ1) is 14.5. The number of aliphatic hydroxyl groups excluding tert-OH is 2. The molecule has 6 heteroatoms. The van der Waals surface area contributed by atoms with Crippen molar-refractivity contribution in [2.45, 2.75) is 49.9 Å². The van der Waals surface area contributed by atoms with E-state index in [1.807, 2.05) is 12.1 Å². The van der Waals surface area contributed by atoms with Gasteiger partial charge in [-0.3, -0.25) is 0 Å². The van der Waals surface area contributed by atoms with Gasteiger partial charge in [0.15, 0.2) is 5.76 Å². The number of para-hydroxylation sites is 1. The summed E-state index contributed by atoms with van der Waals surface area (Å²) in [4.78, 5) is 2.42. The summed E-state index contributed by atoms with van der Waals surface area (Å²) in [6.45, 7) is 1.01. The molecule has 6 atom stereocenters. The molecule has 2 aliphatic heterocycles. The van der Waals surface area contributed by atoms with Crippen molar-refractivity contribution < 1.29 is 24.8 Å². The number of benzene rings is 1. The van der Waals surface area contributed by atoms with Crippen LogP contribution < -0.4 is 0 Å². The van der Waals surface area contributed by atoms with Gasteiger partial charge in [-0.2, -0.15) is 0 Å². The van der Waals surface area contributed by atoms with Gasteiger partial charge in [-0.15, -0.1) is 0 Å². The van der Waals surface area contributed by atoms with Gasteiger partial charge in [0.2, 0.25) is 0 Å². The maximum atomic E-state index is 11.1. The highest BCUT2D eigenvalue weighted by Crippen LogP contribution is 2.67. The van der Waals surface area contributed by atoms with Crippen LogP contribution in [-0.2, 0) is 16.1 Å². The molecule has 1 aromatic carbocycles. The molecule has 6 rings (SSSR count). The minimum absolute atomic E-state index is 0.0590. The second-order valence-electron chi connectivity index (χ2n) is 9.29. The van der Waals surface area contributed by atoms with E-state index < -0.39 is 18.0 Å². The van der Waals surface area contributed by atoms with E-state index in [2.05, 4.69) is 18.0 Å². The minimum atomic E-state index is -1.40. The zero-order valence-electron chi connectivity index (χ0n) is 17.0. The molecule has 1 unspecified atom stereocenters. The Bertz CT molecular complexity index is 999. The highest BCUT2D eigenvalue weighted by molar-refractivity contribution is 5.51. The smallest absolute Gasteiger partial charge is 0.252 e. The van der Waals surface area contributed by atoms with Crippen molar-refractivity contribution in [2.24, 2.45) is 11.3 Å². The first-order valence-electron chi connectivity index (χ1n) is 10.8. The Morgan fingerprint density at radius 3 is 2.90 bits per heavy atom. The number of aliphatic hydroxyl groups is 2. The number of phenols is 1. The second-order valence-corrected chi connectivity index (χ2v) is 9.29. The maximum Gasteiger partial charge on any atom is 0.252 e. The summed E-state index contributed by atoms with van der Waals surface area (Å²) in [6, 6.07) is 7.39. The molecule has 30 heavy (non-hydrogen) atoms. The highest BCUT2D eigenvalue weighted by atomic mass is 16.7. The lowest BCUT2D eigenvalue weighted by molar-refractivity contribution is -0.225. The molecule has 3 aliphatic carbocycles. The average molecular weight is 409 g/mol. The van der Waals surface area contributed by atoms with E-state index >= 15 is 0 Å². The lowest BCUT2D eigenvalue weighted by atomic mass is 9.51. The van der Waals surface area contributed by atoms with Crippen molar-refractivity contribution in [3.8, 4) is 5.75 Å². The average Bonchev–Trinajstić information content (AvgIpc) is 3.05. The fraction of sp³-hybridized carbons (Fsp3) is 0.500.